The van der Waals surface area contributed by atoms with E-state index in [0.29, 0.717) is 6.04 Å². The molecule has 0 aliphatic carbocycles. The highest BCUT2D eigenvalue weighted by atomic mass is 32.1. The zero-order valence-electron chi connectivity index (χ0n) is 13.5. The highest BCUT2D eigenvalue weighted by Gasteiger charge is 2.20. The Morgan fingerprint density at radius 2 is 2.10 bits per heavy atom. The molecule has 21 heavy (non-hydrogen) atoms. The fourth-order valence-corrected chi connectivity index (χ4v) is 3.41. The van der Waals surface area contributed by atoms with Gasteiger partial charge in [-0.3, -0.25) is 4.90 Å². The lowest BCUT2D eigenvalue weighted by molar-refractivity contribution is 0.244. The summed E-state index contributed by atoms with van der Waals surface area (Å²) in [6.07, 6.45) is 2.03. The quantitative estimate of drug-likeness (QED) is 0.787. The third-order valence-electron chi connectivity index (χ3n) is 3.65. The molecule has 1 atom stereocenters. The van der Waals surface area contributed by atoms with Crippen LogP contribution in [0.4, 0.5) is 0 Å². The van der Waals surface area contributed by atoms with Crippen molar-refractivity contribution in [1.29, 1.82) is 0 Å². The zero-order chi connectivity index (χ0) is 15.4. The van der Waals surface area contributed by atoms with E-state index in [1.807, 2.05) is 16.0 Å². The van der Waals surface area contributed by atoms with Gasteiger partial charge < -0.3 is 0 Å². The van der Waals surface area contributed by atoms with Gasteiger partial charge in [-0.15, -0.1) is 16.4 Å². The number of aromatic nitrogens is 5. The second-order valence-electron chi connectivity index (χ2n) is 5.32. The van der Waals surface area contributed by atoms with Crippen molar-refractivity contribution in [3.63, 3.8) is 0 Å². The smallest absolute Gasteiger partial charge is 0.165 e. The fourth-order valence-electron chi connectivity index (χ4n) is 2.29. The summed E-state index contributed by atoms with van der Waals surface area (Å²) in [5.41, 5.74) is 1.14. The van der Waals surface area contributed by atoms with E-state index in [0.717, 1.165) is 37.4 Å². The van der Waals surface area contributed by atoms with Crippen LogP contribution in [-0.2, 0) is 19.5 Å². The minimum atomic E-state index is 0.314. The van der Waals surface area contributed by atoms with Crippen molar-refractivity contribution in [2.75, 3.05) is 7.05 Å². The molecule has 0 saturated carbocycles. The van der Waals surface area contributed by atoms with E-state index in [4.69, 9.17) is 0 Å². The Labute approximate surface area is 130 Å². The molecule has 7 heteroatoms. The Balaban J connectivity index is 2.09. The molecule has 0 unspecified atom stereocenters. The standard InChI is InChI=1S/C14H24N6S/c1-6-8-20-12(16-17-18-20)9-19(5)11(4)14-10(3)15-13(7-2)21-14/h11H,6-9H2,1-5H3/t11-/m1/s1. The first kappa shape index (κ1) is 16.0. The molecule has 2 heterocycles. The maximum Gasteiger partial charge on any atom is 0.165 e. The minimum Gasteiger partial charge on any atom is -0.291 e. The molecule has 2 aromatic heterocycles. The van der Waals surface area contributed by atoms with Crippen molar-refractivity contribution in [1.82, 2.24) is 30.1 Å². The van der Waals surface area contributed by atoms with E-state index in [9.17, 15) is 0 Å². The first-order chi connectivity index (χ1) is 10.1. The van der Waals surface area contributed by atoms with E-state index >= 15 is 0 Å². The Kier molecular flexibility index (Phi) is 5.41. The summed E-state index contributed by atoms with van der Waals surface area (Å²) >= 11 is 1.81. The molecular formula is C14H24N6S. The second-order valence-corrected chi connectivity index (χ2v) is 6.44. The first-order valence-electron chi connectivity index (χ1n) is 7.48. The van der Waals surface area contributed by atoms with Gasteiger partial charge in [0.05, 0.1) is 17.2 Å². The van der Waals surface area contributed by atoms with Gasteiger partial charge >= 0.3 is 0 Å². The number of hydrogen-bond donors (Lipinski definition) is 0. The predicted octanol–water partition coefficient (Wildman–Crippen LogP) is 2.60. The number of rotatable bonds is 7. The number of nitrogens with zero attached hydrogens (tertiary/aromatic N) is 6. The second kappa shape index (κ2) is 7.09. The molecular weight excluding hydrogens is 284 g/mol. The number of tetrazole rings is 1. The number of aryl methyl sites for hydroxylation is 3. The summed E-state index contributed by atoms with van der Waals surface area (Å²) in [6.45, 7) is 10.2. The molecule has 0 aromatic carbocycles. The predicted molar refractivity (Wildman–Crippen MR) is 84.2 cm³/mol. The molecule has 6 nitrogen and oxygen atoms in total. The molecule has 0 N–H and O–H groups in total. The largest absolute Gasteiger partial charge is 0.291 e. The topological polar surface area (TPSA) is 59.7 Å². The molecule has 0 fully saturated rings. The van der Waals surface area contributed by atoms with E-state index in [1.165, 1.54) is 9.88 Å². The van der Waals surface area contributed by atoms with Gasteiger partial charge in [0.1, 0.15) is 0 Å². The summed E-state index contributed by atoms with van der Waals surface area (Å²) in [4.78, 5) is 8.24. The Bertz CT molecular complexity index is 576. The van der Waals surface area contributed by atoms with Gasteiger partial charge in [0.15, 0.2) is 5.82 Å². The molecule has 0 radical (unpaired) electrons. The first-order valence-corrected chi connectivity index (χ1v) is 8.29. The number of hydrogen-bond acceptors (Lipinski definition) is 6. The highest BCUT2D eigenvalue weighted by molar-refractivity contribution is 7.11. The van der Waals surface area contributed by atoms with Gasteiger partial charge in [0, 0.05) is 17.5 Å². The summed E-state index contributed by atoms with van der Waals surface area (Å²) in [5.74, 6) is 0.920. The Morgan fingerprint density at radius 1 is 1.33 bits per heavy atom. The van der Waals surface area contributed by atoms with Crippen LogP contribution >= 0.6 is 11.3 Å². The van der Waals surface area contributed by atoms with Crippen molar-refractivity contribution in [2.45, 2.75) is 59.7 Å². The third kappa shape index (κ3) is 3.65. The van der Waals surface area contributed by atoms with Crippen molar-refractivity contribution in [3.8, 4) is 0 Å². The average Bonchev–Trinajstić information content (AvgIpc) is 3.05. The lowest BCUT2D eigenvalue weighted by atomic mass is 10.2. The van der Waals surface area contributed by atoms with Gasteiger partial charge in [-0.25, -0.2) is 9.67 Å². The van der Waals surface area contributed by atoms with E-state index in [1.54, 1.807) is 0 Å². The molecule has 0 aliphatic rings. The SMILES string of the molecule is CCCn1nnnc1CN(C)[C@H](C)c1sc(CC)nc1C. The maximum absolute atomic E-state index is 4.62. The van der Waals surface area contributed by atoms with E-state index < -0.39 is 0 Å². The summed E-state index contributed by atoms with van der Waals surface area (Å²) in [5, 5.41) is 13.2. The van der Waals surface area contributed by atoms with Crippen molar-refractivity contribution >= 4 is 11.3 Å². The molecule has 0 amide bonds. The van der Waals surface area contributed by atoms with Crippen LogP contribution in [0.15, 0.2) is 0 Å². The number of thiazole rings is 1. The van der Waals surface area contributed by atoms with Crippen molar-refractivity contribution in [3.05, 3.63) is 21.4 Å². The van der Waals surface area contributed by atoms with Crippen molar-refractivity contribution in [2.24, 2.45) is 0 Å². The summed E-state index contributed by atoms with van der Waals surface area (Å²) in [6, 6.07) is 0.314. The van der Waals surface area contributed by atoms with E-state index in [2.05, 4.69) is 60.2 Å². The summed E-state index contributed by atoms with van der Waals surface area (Å²) in [7, 11) is 2.11. The van der Waals surface area contributed by atoms with Crippen LogP contribution in [-0.4, -0.2) is 37.1 Å². The van der Waals surface area contributed by atoms with Gasteiger partial charge in [-0.05, 0) is 44.2 Å². The van der Waals surface area contributed by atoms with Crippen LogP contribution in [0, 0.1) is 6.92 Å². The van der Waals surface area contributed by atoms with Gasteiger partial charge in [0.2, 0.25) is 0 Å². The van der Waals surface area contributed by atoms with Crippen LogP contribution in [0.2, 0.25) is 0 Å². The molecule has 0 bridgehead atoms. The summed E-state index contributed by atoms with van der Waals surface area (Å²) < 4.78 is 1.89. The fraction of sp³-hybridized carbons (Fsp3) is 0.714. The zero-order valence-corrected chi connectivity index (χ0v) is 14.3. The van der Waals surface area contributed by atoms with Gasteiger partial charge in [-0.1, -0.05) is 13.8 Å². The molecule has 2 aromatic rings. The van der Waals surface area contributed by atoms with Crippen LogP contribution < -0.4 is 0 Å². The third-order valence-corrected chi connectivity index (χ3v) is 5.12. The van der Waals surface area contributed by atoms with E-state index in [-0.39, 0.29) is 0 Å². The van der Waals surface area contributed by atoms with Gasteiger partial charge in [0.25, 0.3) is 0 Å². The molecule has 2 rings (SSSR count). The minimum absolute atomic E-state index is 0.314. The molecule has 116 valence electrons. The lowest BCUT2D eigenvalue weighted by Crippen LogP contribution is -2.24. The van der Waals surface area contributed by atoms with Crippen LogP contribution in [0.5, 0.6) is 0 Å². The average molecular weight is 308 g/mol. The Morgan fingerprint density at radius 3 is 2.71 bits per heavy atom. The molecule has 0 saturated heterocycles. The normalized spacial score (nSPS) is 13.0. The van der Waals surface area contributed by atoms with Crippen LogP contribution in [0.3, 0.4) is 0 Å². The molecule has 0 aliphatic heterocycles. The monoisotopic (exact) mass is 308 g/mol. The Hall–Kier alpha value is -1.34. The molecule has 0 spiro atoms. The lowest BCUT2D eigenvalue weighted by Gasteiger charge is -2.23. The highest BCUT2D eigenvalue weighted by Crippen LogP contribution is 2.29. The maximum atomic E-state index is 4.62. The van der Waals surface area contributed by atoms with Crippen LogP contribution in [0.1, 0.15) is 54.6 Å². The van der Waals surface area contributed by atoms with Crippen molar-refractivity contribution < 1.29 is 0 Å². The van der Waals surface area contributed by atoms with Crippen LogP contribution in [0.25, 0.3) is 0 Å². The van der Waals surface area contributed by atoms with Gasteiger partial charge in [-0.2, -0.15) is 0 Å².